The summed E-state index contributed by atoms with van der Waals surface area (Å²) in [4.78, 5) is 30.2. The molecule has 14 heteroatoms. The highest BCUT2D eigenvalue weighted by Gasteiger charge is 2.38. The summed E-state index contributed by atoms with van der Waals surface area (Å²) >= 11 is 7.13. The predicted octanol–water partition coefficient (Wildman–Crippen LogP) is 8.37. The van der Waals surface area contributed by atoms with Crippen LogP contribution in [0.15, 0.2) is 71.4 Å². The normalized spacial score (nSPS) is 20.1. The molecule has 2 fully saturated rings. The largest absolute Gasteiger partial charge is 0.481 e. The molecule has 0 unspecified atom stereocenters. The van der Waals surface area contributed by atoms with Gasteiger partial charge in [0.1, 0.15) is 11.0 Å². The summed E-state index contributed by atoms with van der Waals surface area (Å²) < 4.78 is 39.2. The van der Waals surface area contributed by atoms with Gasteiger partial charge in [0.25, 0.3) is 0 Å². The Morgan fingerprint density at radius 2 is 1.88 bits per heavy atom. The number of oxazole rings is 1. The van der Waals surface area contributed by atoms with Gasteiger partial charge in [-0.25, -0.2) is 9.97 Å². The summed E-state index contributed by atoms with van der Waals surface area (Å²) in [7, 11) is 0. The average molecular weight is 781 g/mol. The zero-order valence-corrected chi connectivity index (χ0v) is 31.3. The van der Waals surface area contributed by atoms with Crippen molar-refractivity contribution in [2.75, 3.05) is 31.5 Å². The number of anilines is 2. The van der Waals surface area contributed by atoms with Crippen LogP contribution in [-0.4, -0.2) is 79.8 Å². The Morgan fingerprint density at radius 3 is 2.66 bits per heavy atom. The van der Waals surface area contributed by atoms with Gasteiger partial charge in [-0.3, -0.25) is 19.6 Å². The van der Waals surface area contributed by atoms with Gasteiger partial charge in [-0.1, -0.05) is 35.9 Å². The minimum absolute atomic E-state index is 0.0162. The number of pyridine rings is 2. The summed E-state index contributed by atoms with van der Waals surface area (Å²) in [6.45, 7) is 2.11. The highest BCUT2D eigenvalue weighted by atomic mass is 35.5. The molecule has 0 bridgehead atoms. The third-order valence-electron chi connectivity index (χ3n) is 11.4. The van der Waals surface area contributed by atoms with Crippen LogP contribution in [0.5, 0.6) is 5.75 Å². The number of β-amino-alcohol motifs (C(OH)–C–C–N with tert-alkyl or cyclic N) is 1. The van der Waals surface area contributed by atoms with Crippen molar-refractivity contribution in [3.63, 3.8) is 0 Å². The number of rotatable bonds is 10. The predicted molar refractivity (Wildman–Crippen MR) is 208 cm³/mol. The molecule has 3 N–H and O–H groups in total. The second kappa shape index (κ2) is 14.7. The maximum atomic E-state index is 13.9. The lowest BCUT2D eigenvalue weighted by Gasteiger charge is -2.24. The first-order valence-corrected chi connectivity index (χ1v) is 19.2. The van der Waals surface area contributed by atoms with Crippen molar-refractivity contribution in [3.8, 4) is 28.3 Å². The van der Waals surface area contributed by atoms with Crippen LogP contribution >= 0.6 is 11.6 Å². The number of ether oxygens (including phenoxy) is 1. The van der Waals surface area contributed by atoms with E-state index in [9.17, 15) is 23.8 Å². The molecule has 0 saturated carbocycles. The number of likely N-dealkylation sites (tertiary alicyclic amines) is 2. The van der Waals surface area contributed by atoms with Gasteiger partial charge in [0.2, 0.25) is 5.89 Å². The lowest BCUT2D eigenvalue weighted by atomic mass is 9.96. The van der Waals surface area contributed by atoms with Crippen LogP contribution in [0.4, 0.5) is 20.3 Å². The first-order chi connectivity index (χ1) is 27.1. The summed E-state index contributed by atoms with van der Waals surface area (Å²) in [6.07, 6.45) is 5.77. The number of nitrogens with zero attached hydrogens (tertiary/aromatic N) is 5. The number of hydrogen-bond acceptors (Lipinski definition) is 10. The van der Waals surface area contributed by atoms with Crippen molar-refractivity contribution in [2.24, 2.45) is 5.92 Å². The molecule has 6 aromatic rings. The van der Waals surface area contributed by atoms with Gasteiger partial charge in [-0.05, 0) is 91.7 Å². The highest BCUT2D eigenvalue weighted by Crippen LogP contribution is 2.47. The van der Waals surface area contributed by atoms with Crippen LogP contribution in [0.1, 0.15) is 47.6 Å². The van der Waals surface area contributed by atoms with Crippen LogP contribution < -0.4 is 10.1 Å². The Morgan fingerprint density at radius 1 is 1.05 bits per heavy atom. The Hall–Kier alpha value is -5.21. The molecule has 0 amide bonds. The van der Waals surface area contributed by atoms with Crippen LogP contribution in [-0.2, 0) is 17.8 Å². The van der Waals surface area contributed by atoms with E-state index in [1.54, 1.807) is 6.20 Å². The molecule has 5 heterocycles. The van der Waals surface area contributed by atoms with Crippen molar-refractivity contribution in [1.29, 1.82) is 0 Å². The van der Waals surface area contributed by atoms with Gasteiger partial charge < -0.3 is 24.7 Å². The number of aliphatic hydroxyl groups excluding tert-OH is 1. The number of aliphatic carboxylic acids is 1. The fraction of sp³-hybridized carbons (Fsp3) is 0.333. The molecule has 9 rings (SSSR count). The first-order valence-electron chi connectivity index (χ1n) is 18.8. The number of hydrogen-bond donors (Lipinski definition) is 3. The van der Waals surface area contributed by atoms with E-state index in [1.165, 1.54) is 0 Å². The second-order valence-corrected chi connectivity index (χ2v) is 15.3. The molecule has 0 radical (unpaired) electrons. The van der Waals surface area contributed by atoms with E-state index in [4.69, 9.17) is 30.7 Å². The van der Waals surface area contributed by atoms with Crippen molar-refractivity contribution >= 4 is 51.1 Å². The zero-order chi connectivity index (χ0) is 38.7. The maximum absolute atomic E-state index is 13.9. The van der Waals surface area contributed by atoms with Crippen molar-refractivity contribution in [3.05, 3.63) is 94.3 Å². The number of alkyl halides is 2. The van der Waals surface area contributed by atoms with Gasteiger partial charge in [-0.2, -0.15) is 8.78 Å². The minimum Gasteiger partial charge on any atom is -0.481 e. The van der Waals surface area contributed by atoms with Crippen molar-refractivity contribution in [2.45, 2.75) is 57.9 Å². The van der Waals surface area contributed by atoms with Crippen LogP contribution in [0, 0.1) is 12.8 Å². The maximum Gasteiger partial charge on any atom is 0.387 e. The number of aromatic nitrogens is 3. The molecule has 1 aliphatic carbocycles. The van der Waals surface area contributed by atoms with E-state index in [2.05, 4.69) is 26.2 Å². The number of fused-ring (bicyclic) bond motifs is 3. The minimum atomic E-state index is -3.07. The number of carbonyl (C=O) groups is 1. The summed E-state index contributed by atoms with van der Waals surface area (Å²) in [5.41, 5.74) is 7.46. The van der Waals surface area contributed by atoms with Crippen LogP contribution in [0.25, 0.3) is 44.6 Å². The Bertz CT molecular complexity index is 2500. The molecule has 3 atom stereocenters. The standard InChI is InChI=1S/C42H39ClF2N6O5/c1-22-27(29-6-3-7-32(35(29)43)48-39-36-24(10-13-46-39)16-23(18-47-36)19-50-14-12-26(52)21-50)4-2-5-28(22)40-49-33-17-31-30(37(38(33)55-40)56-42(44)45)8-9-34(31)51-15-11-25(20-51)41(53)54/h2-7,10,13,16-18,25-26,34,42,52H,8-9,11-12,14-15,19-21H2,1H3,(H,46,48)(H,53,54)/t25-,26-,34-/m1/s1. The lowest BCUT2D eigenvalue weighted by molar-refractivity contribution is -0.141. The Labute approximate surface area is 325 Å². The molecule has 3 aromatic heterocycles. The van der Waals surface area contributed by atoms with E-state index in [-0.39, 0.29) is 29.4 Å². The van der Waals surface area contributed by atoms with Crippen LogP contribution in [0.3, 0.4) is 0 Å². The quantitative estimate of drug-likeness (QED) is 0.124. The number of nitrogens with one attached hydrogen (secondary N) is 1. The van der Waals surface area contributed by atoms with Gasteiger partial charge in [-0.15, -0.1) is 0 Å². The third-order valence-corrected chi connectivity index (χ3v) is 11.8. The smallest absolute Gasteiger partial charge is 0.387 e. The third kappa shape index (κ3) is 6.72. The molecule has 288 valence electrons. The number of halogens is 3. The number of aliphatic hydroxyl groups is 1. The summed E-state index contributed by atoms with van der Waals surface area (Å²) in [6, 6.07) is 17.2. The second-order valence-electron chi connectivity index (χ2n) is 14.9. The van der Waals surface area contributed by atoms with Crippen molar-refractivity contribution < 1.29 is 32.9 Å². The van der Waals surface area contributed by atoms with Crippen LogP contribution in [0.2, 0.25) is 5.02 Å². The molecular weight excluding hydrogens is 742 g/mol. The van der Waals surface area contributed by atoms with E-state index in [0.717, 1.165) is 46.2 Å². The fourth-order valence-electron chi connectivity index (χ4n) is 8.69. The monoisotopic (exact) mass is 780 g/mol. The average Bonchev–Trinajstić information content (AvgIpc) is 3.99. The van der Waals surface area contributed by atoms with Crippen molar-refractivity contribution in [1.82, 2.24) is 24.8 Å². The molecular formula is C42H39ClF2N6O5. The van der Waals surface area contributed by atoms with E-state index < -0.39 is 18.5 Å². The van der Waals surface area contributed by atoms with E-state index in [0.29, 0.717) is 84.1 Å². The number of carboxylic acids is 1. The van der Waals surface area contributed by atoms with Gasteiger partial charge in [0.05, 0.1) is 22.7 Å². The molecule has 56 heavy (non-hydrogen) atoms. The molecule has 2 saturated heterocycles. The Balaban J connectivity index is 1.03. The summed E-state index contributed by atoms with van der Waals surface area (Å²) in [5.74, 6) is -0.486. The fourth-order valence-corrected chi connectivity index (χ4v) is 8.96. The summed E-state index contributed by atoms with van der Waals surface area (Å²) in [5, 5.41) is 24.3. The topological polar surface area (TPSA) is 137 Å². The molecule has 3 aromatic carbocycles. The number of carboxylic acid groups (broad SMARTS) is 1. The van der Waals surface area contributed by atoms with E-state index in [1.807, 2.05) is 61.7 Å². The Kier molecular flexibility index (Phi) is 9.56. The molecule has 3 aliphatic rings. The van der Waals surface area contributed by atoms with Gasteiger partial charge in [0.15, 0.2) is 17.2 Å². The number of benzene rings is 3. The van der Waals surface area contributed by atoms with E-state index >= 15 is 0 Å². The molecule has 2 aliphatic heterocycles. The highest BCUT2D eigenvalue weighted by molar-refractivity contribution is 6.36. The first kappa shape index (κ1) is 36.4. The SMILES string of the molecule is Cc1c(-c2nc3cc4c(c(OC(F)F)c3o2)CC[C@H]4N2CC[C@@H](C(=O)O)C2)cccc1-c1cccc(Nc2nccc3cc(CN4CC[C@@H](O)C4)cnc23)c1Cl. The van der Waals surface area contributed by atoms with Gasteiger partial charge in [0, 0.05) is 66.7 Å². The van der Waals surface area contributed by atoms with Gasteiger partial charge >= 0.3 is 12.6 Å². The lowest BCUT2D eigenvalue weighted by Crippen LogP contribution is -2.26. The molecule has 0 spiro atoms. The molecule has 11 nitrogen and oxygen atoms in total. The zero-order valence-electron chi connectivity index (χ0n) is 30.5.